The van der Waals surface area contributed by atoms with E-state index in [-0.39, 0.29) is 12.5 Å². The summed E-state index contributed by atoms with van der Waals surface area (Å²) in [6.45, 7) is 4.73. The fraction of sp³-hybridized carbons (Fsp3) is 0.500. The van der Waals surface area contributed by atoms with Gasteiger partial charge in [-0.05, 0) is 49.9 Å². The maximum atomic E-state index is 12.4. The van der Waals surface area contributed by atoms with Crippen LogP contribution in [0.4, 0.5) is 0 Å². The summed E-state index contributed by atoms with van der Waals surface area (Å²) in [4.78, 5) is 24.0. The molecule has 1 aromatic carbocycles. The van der Waals surface area contributed by atoms with E-state index in [0.717, 1.165) is 15.6 Å². The molecule has 1 heterocycles. The van der Waals surface area contributed by atoms with Gasteiger partial charge in [-0.2, -0.15) is 0 Å². The second-order valence-electron chi connectivity index (χ2n) is 5.80. The zero-order valence-electron chi connectivity index (χ0n) is 12.7. The van der Waals surface area contributed by atoms with E-state index in [1.165, 1.54) is 0 Å². The van der Waals surface area contributed by atoms with Crippen LogP contribution in [0.3, 0.4) is 0 Å². The molecular weight excluding hydrogens is 350 g/mol. The third-order valence-electron chi connectivity index (χ3n) is 4.24. The Balaban J connectivity index is 2.12. The Morgan fingerprint density at radius 1 is 1.27 bits per heavy atom. The number of carboxylic acid groups (broad SMARTS) is 1. The third-order valence-corrected chi connectivity index (χ3v) is 5.10. The van der Waals surface area contributed by atoms with E-state index in [4.69, 9.17) is 4.74 Å². The van der Waals surface area contributed by atoms with Gasteiger partial charge >= 0.3 is 5.97 Å². The third kappa shape index (κ3) is 3.50. The van der Waals surface area contributed by atoms with Crippen molar-refractivity contribution < 1.29 is 19.4 Å². The SMILES string of the molecule is Cc1cc(C(=O)NCC2(C(=O)O)CCOCC2)c(C)cc1Br. The molecule has 2 rings (SSSR count). The average molecular weight is 370 g/mol. The Hall–Kier alpha value is -1.40. The van der Waals surface area contributed by atoms with Gasteiger partial charge in [0.1, 0.15) is 0 Å². The molecule has 5 nitrogen and oxygen atoms in total. The molecule has 0 aliphatic carbocycles. The molecule has 0 unspecified atom stereocenters. The van der Waals surface area contributed by atoms with Crippen molar-refractivity contribution >= 4 is 27.8 Å². The summed E-state index contributed by atoms with van der Waals surface area (Å²) in [7, 11) is 0. The number of carbonyl (C=O) groups excluding carboxylic acids is 1. The summed E-state index contributed by atoms with van der Waals surface area (Å²) in [5.74, 6) is -1.11. The van der Waals surface area contributed by atoms with E-state index >= 15 is 0 Å². The number of halogens is 1. The lowest BCUT2D eigenvalue weighted by Crippen LogP contribution is -2.46. The van der Waals surface area contributed by atoms with E-state index in [1.54, 1.807) is 0 Å². The van der Waals surface area contributed by atoms with Crippen molar-refractivity contribution in [2.24, 2.45) is 5.41 Å². The van der Waals surface area contributed by atoms with E-state index in [0.29, 0.717) is 31.6 Å². The van der Waals surface area contributed by atoms with Crippen LogP contribution in [0.15, 0.2) is 16.6 Å². The zero-order chi connectivity index (χ0) is 16.3. The highest BCUT2D eigenvalue weighted by molar-refractivity contribution is 9.10. The summed E-state index contributed by atoms with van der Waals surface area (Å²) >= 11 is 3.44. The van der Waals surface area contributed by atoms with Gasteiger partial charge in [0.05, 0.1) is 5.41 Å². The first-order valence-corrected chi connectivity index (χ1v) is 8.01. The Bertz CT molecular complexity index is 594. The number of hydrogen-bond acceptors (Lipinski definition) is 3. The Morgan fingerprint density at radius 2 is 1.91 bits per heavy atom. The number of aliphatic carboxylic acids is 1. The molecular formula is C16H20BrNO4. The van der Waals surface area contributed by atoms with Crippen LogP contribution < -0.4 is 5.32 Å². The van der Waals surface area contributed by atoms with Gasteiger partial charge < -0.3 is 15.2 Å². The minimum atomic E-state index is -0.924. The molecule has 1 aliphatic rings. The number of aryl methyl sites for hydroxylation is 2. The fourth-order valence-corrected chi connectivity index (χ4v) is 3.06. The Morgan fingerprint density at radius 3 is 2.50 bits per heavy atom. The van der Waals surface area contributed by atoms with Gasteiger partial charge in [-0.1, -0.05) is 15.9 Å². The van der Waals surface area contributed by atoms with Crippen molar-refractivity contribution in [3.63, 3.8) is 0 Å². The number of benzene rings is 1. The summed E-state index contributed by atoms with van der Waals surface area (Å²) in [5.41, 5.74) is 1.47. The van der Waals surface area contributed by atoms with Gasteiger partial charge in [0, 0.05) is 29.8 Å². The molecule has 1 aromatic rings. The Labute approximate surface area is 138 Å². The van der Waals surface area contributed by atoms with E-state index in [1.807, 2.05) is 26.0 Å². The van der Waals surface area contributed by atoms with Crippen LogP contribution in [0.1, 0.15) is 34.3 Å². The normalized spacial score (nSPS) is 17.0. The summed E-state index contributed by atoms with van der Waals surface area (Å²) < 4.78 is 6.18. The first kappa shape index (κ1) is 17.0. The fourth-order valence-electron chi connectivity index (χ4n) is 2.60. The largest absolute Gasteiger partial charge is 0.481 e. The van der Waals surface area contributed by atoms with Gasteiger partial charge in [-0.15, -0.1) is 0 Å². The smallest absolute Gasteiger partial charge is 0.311 e. The molecule has 120 valence electrons. The molecule has 1 aliphatic heterocycles. The van der Waals surface area contributed by atoms with Gasteiger partial charge in [0.25, 0.3) is 5.91 Å². The minimum Gasteiger partial charge on any atom is -0.481 e. The molecule has 0 atom stereocenters. The number of rotatable bonds is 4. The van der Waals surface area contributed by atoms with Crippen molar-refractivity contribution in [3.05, 3.63) is 33.3 Å². The van der Waals surface area contributed by atoms with Crippen LogP contribution in [0, 0.1) is 19.3 Å². The predicted octanol–water partition coefficient (Wildman–Crippen LogP) is 2.68. The maximum Gasteiger partial charge on any atom is 0.311 e. The molecule has 0 aromatic heterocycles. The number of amides is 1. The topological polar surface area (TPSA) is 75.6 Å². The van der Waals surface area contributed by atoms with Crippen LogP contribution in [-0.4, -0.2) is 36.7 Å². The van der Waals surface area contributed by atoms with E-state index < -0.39 is 11.4 Å². The summed E-state index contributed by atoms with van der Waals surface area (Å²) in [6, 6.07) is 3.71. The van der Waals surface area contributed by atoms with Crippen LogP contribution in [0.25, 0.3) is 0 Å². The summed E-state index contributed by atoms with van der Waals surface area (Å²) in [6.07, 6.45) is 0.835. The molecule has 1 saturated heterocycles. The highest BCUT2D eigenvalue weighted by Gasteiger charge is 2.40. The van der Waals surface area contributed by atoms with E-state index in [9.17, 15) is 14.7 Å². The molecule has 1 fully saturated rings. The lowest BCUT2D eigenvalue weighted by atomic mass is 9.80. The summed E-state index contributed by atoms with van der Waals surface area (Å²) in [5, 5.41) is 12.3. The van der Waals surface area contributed by atoms with Crippen LogP contribution in [0.2, 0.25) is 0 Å². The van der Waals surface area contributed by atoms with Crippen LogP contribution >= 0.6 is 15.9 Å². The number of carbonyl (C=O) groups is 2. The molecule has 22 heavy (non-hydrogen) atoms. The highest BCUT2D eigenvalue weighted by atomic mass is 79.9. The zero-order valence-corrected chi connectivity index (χ0v) is 14.3. The molecule has 1 amide bonds. The van der Waals surface area contributed by atoms with Crippen LogP contribution in [0.5, 0.6) is 0 Å². The lowest BCUT2D eigenvalue weighted by Gasteiger charge is -2.33. The molecule has 0 radical (unpaired) electrons. The second kappa shape index (κ2) is 6.79. The van der Waals surface area contributed by atoms with Gasteiger partial charge in [-0.3, -0.25) is 9.59 Å². The van der Waals surface area contributed by atoms with Crippen molar-refractivity contribution in [2.45, 2.75) is 26.7 Å². The van der Waals surface area contributed by atoms with Crippen molar-refractivity contribution in [2.75, 3.05) is 19.8 Å². The minimum absolute atomic E-state index is 0.124. The van der Waals surface area contributed by atoms with Crippen molar-refractivity contribution in [1.29, 1.82) is 0 Å². The number of hydrogen-bond donors (Lipinski definition) is 2. The molecule has 6 heteroatoms. The number of nitrogens with one attached hydrogen (secondary N) is 1. The molecule has 0 saturated carbocycles. The molecule has 0 bridgehead atoms. The Kier molecular flexibility index (Phi) is 5.24. The monoisotopic (exact) mass is 369 g/mol. The van der Waals surface area contributed by atoms with Gasteiger partial charge in [0.2, 0.25) is 0 Å². The van der Waals surface area contributed by atoms with E-state index in [2.05, 4.69) is 21.2 Å². The first-order chi connectivity index (χ1) is 10.4. The second-order valence-corrected chi connectivity index (χ2v) is 6.65. The average Bonchev–Trinajstić information content (AvgIpc) is 2.49. The quantitative estimate of drug-likeness (QED) is 0.855. The van der Waals surface area contributed by atoms with Gasteiger partial charge in [0.15, 0.2) is 0 Å². The van der Waals surface area contributed by atoms with Crippen molar-refractivity contribution in [1.82, 2.24) is 5.32 Å². The molecule has 2 N–H and O–H groups in total. The maximum absolute atomic E-state index is 12.4. The number of carboxylic acids is 1. The van der Waals surface area contributed by atoms with Crippen molar-refractivity contribution in [3.8, 4) is 0 Å². The van der Waals surface area contributed by atoms with Gasteiger partial charge in [-0.25, -0.2) is 0 Å². The first-order valence-electron chi connectivity index (χ1n) is 7.22. The number of ether oxygens (including phenoxy) is 1. The lowest BCUT2D eigenvalue weighted by molar-refractivity contribution is -0.154. The van der Waals surface area contributed by atoms with Crippen LogP contribution in [-0.2, 0) is 9.53 Å². The molecule has 0 spiro atoms. The standard InChI is InChI=1S/C16H20BrNO4/c1-10-8-13(17)11(2)7-12(10)14(19)18-9-16(15(20)21)3-5-22-6-4-16/h7-8H,3-6,9H2,1-2H3,(H,18,19)(H,20,21). The predicted molar refractivity (Wildman–Crippen MR) is 86.1 cm³/mol. The highest BCUT2D eigenvalue weighted by Crippen LogP contribution is 2.30.